The topological polar surface area (TPSA) is 75.1 Å². The lowest BCUT2D eigenvalue weighted by Gasteiger charge is -2.12. The summed E-state index contributed by atoms with van der Waals surface area (Å²) in [5.41, 5.74) is 2.14. The predicted octanol–water partition coefficient (Wildman–Crippen LogP) is 3.20. The quantitative estimate of drug-likeness (QED) is 0.656. The van der Waals surface area contributed by atoms with Crippen LogP contribution in [-0.2, 0) is 16.1 Å². The van der Waals surface area contributed by atoms with Gasteiger partial charge in [-0.3, -0.25) is 5.41 Å². The largest absolute Gasteiger partial charge is 0.464 e. The van der Waals surface area contributed by atoms with Crippen LogP contribution in [0.15, 0.2) is 36.5 Å². The lowest BCUT2D eigenvalue weighted by molar-refractivity contribution is -0.132. The molecule has 0 saturated carbocycles. The van der Waals surface area contributed by atoms with Crippen LogP contribution in [0.25, 0.3) is 0 Å². The number of carbonyl (C=O) groups excluding carboxylic acids is 1. The molecule has 0 fully saturated rings. The molecule has 1 aromatic carbocycles. The van der Waals surface area contributed by atoms with Crippen molar-refractivity contribution in [3.8, 4) is 0 Å². The van der Waals surface area contributed by atoms with Crippen molar-refractivity contribution in [1.82, 2.24) is 4.98 Å². The van der Waals surface area contributed by atoms with E-state index in [4.69, 9.17) is 17.0 Å². The van der Waals surface area contributed by atoms with Gasteiger partial charge in [-0.05, 0) is 36.2 Å². The summed E-state index contributed by atoms with van der Waals surface area (Å²) in [6.07, 6.45) is 1.59. The Hall–Kier alpha value is -2.40. The van der Waals surface area contributed by atoms with Gasteiger partial charge in [0.05, 0.1) is 7.11 Å². The van der Waals surface area contributed by atoms with Gasteiger partial charge in [0.25, 0.3) is 0 Å². The van der Waals surface area contributed by atoms with Gasteiger partial charge in [-0.2, -0.15) is 0 Å². The Kier molecular flexibility index (Phi) is 5.12. The van der Waals surface area contributed by atoms with Crippen LogP contribution in [0.3, 0.4) is 0 Å². The Morgan fingerprint density at radius 2 is 2.18 bits per heavy atom. The van der Waals surface area contributed by atoms with Crippen molar-refractivity contribution >= 4 is 29.1 Å². The van der Waals surface area contributed by atoms with Crippen LogP contribution in [0.1, 0.15) is 16.7 Å². The molecule has 0 amide bonds. The monoisotopic (exact) mass is 317 g/mol. The smallest absolute Gasteiger partial charge is 0.356 e. The number of aromatic nitrogens is 1. The van der Waals surface area contributed by atoms with Crippen LogP contribution in [0.2, 0.25) is 5.02 Å². The number of benzene rings is 1. The molecule has 0 spiro atoms. The molecule has 0 aliphatic heterocycles. The number of aryl methyl sites for hydroxylation is 1. The van der Waals surface area contributed by atoms with Crippen LogP contribution in [0.5, 0.6) is 0 Å². The number of hydrogen-bond donors (Lipinski definition) is 2. The fourth-order valence-corrected chi connectivity index (χ4v) is 2.24. The highest BCUT2D eigenvalue weighted by molar-refractivity contribution is 6.43. The number of carbonyl (C=O) groups is 1. The maximum atomic E-state index is 11.5. The summed E-state index contributed by atoms with van der Waals surface area (Å²) in [5.74, 6) is -0.265. The maximum absolute atomic E-state index is 11.5. The molecule has 0 radical (unpaired) electrons. The fraction of sp³-hybridized carbons (Fsp3) is 0.188. The SMILES string of the molecule is COC(=O)C(=N)c1cccnc1NCc1ccc(C)cc1Cl. The van der Waals surface area contributed by atoms with Gasteiger partial charge in [-0.25, -0.2) is 9.78 Å². The minimum atomic E-state index is -0.704. The second kappa shape index (κ2) is 7.04. The average Bonchev–Trinajstić information content (AvgIpc) is 2.53. The van der Waals surface area contributed by atoms with Crippen molar-refractivity contribution in [3.63, 3.8) is 0 Å². The molecule has 0 bridgehead atoms. The number of ether oxygens (including phenoxy) is 1. The zero-order valence-corrected chi connectivity index (χ0v) is 13.1. The minimum absolute atomic E-state index is 0.242. The third-order valence-corrected chi connectivity index (χ3v) is 3.47. The van der Waals surface area contributed by atoms with Gasteiger partial charge in [0.15, 0.2) is 5.71 Å². The summed E-state index contributed by atoms with van der Waals surface area (Å²) >= 11 is 6.19. The lowest BCUT2D eigenvalue weighted by Crippen LogP contribution is -2.18. The van der Waals surface area contributed by atoms with Gasteiger partial charge in [-0.1, -0.05) is 23.7 Å². The first kappa shape index (κ1) is 16.0. The Morgan fingerprint density at radius 1 is 1.41 bits per heavy atom. The van der Waals surface area contributed by atoms with E-state index in [1.807, 2.05) is 25.1 Å². The van der Waals surface area contributed by atoms with Crippen LogP contribution < -0.4 is 5.32 Å². The molecule has 0 atom stereocenters. The van der Waals surface area contributed by atoms with E-state index in [-0.39, 0.29) is 5.71 Å². The molecule has 22 heavy (non-hydrogen) atoms. The number of rotatable bonds is 5. The Balaban J connectivity index is 2.20. The van der Waals surface area contributed by atoms with E-state index in [1.54, 1.807) is 18.3 Å². The Morgan fingerprint density at radius 3 is 2.86 bits per heavy atom. The van der Waals surface area contributed by atoms with Crippen LogP contribution in [-0.4, -0.2) is 23.8 Å². The van der Waals surface area contributed by atoms with Gasteiger partial charge >= 0.3 is 5.97 Å². The molecule has 0 saturated heterocycles. The summed E-state index contributed by atoms with van der Waals surface area (Å²) in [6, 6.07) is 9.09. The number of methoxy groups -OCH3 is 1. The molecule has 2 rings (SSSR count). The zero-order valence-electron chi connectivity index (χ0n) is 12.3. The predicted molar refractivity (Wildman–Crippen MR) is 86.6 cm³/mol. The molecule has 6 heteroatoms. The molecule has 2 aromatic rings. The third-order valence-electron chi connectivity index (χ3n) is 3.12. The van der Waals surface area contributed by atoms with Gasteiger partial charge in [-0.15, -0.1) is 0 Å². The van der Waals surface area contributed by atoms with E-state index >= 15 is 0 Å². The summed E-state index contributed by atoms with van der Waals surface area (Å²) in [6.45, 7) is 2.41. The summed E-state index contributed by atoms with van der Waals surface area (Å²) in [4.78, 5) is 15.7. The molecule has 1 aromatic heterocycles. The van der Waals surface area contributed by atoms with Gasteiger partial charge in [0.1, 0.15) is 5.82 Å². The molecular weight excluding hydrogens is 302 g/mol. The van der Waals surface area contributed by atoms with Crippen molar-refractivity contribution in [2.75, 3.05) is 12.4 Å². The van der Waals surface area contributed by atoms with E-state index < -0.39 is 5.97 Å². The third kappa shape index (κ3) is 3.62. The molecule has 0 aliphatic rings. The van der Waals surface area contributed by atoms with Crippen LogP contribution >= 0.6 is 11.6 Å². The van der Waals surface area contributed by atoms with Crippen LogP contribution in [0.4, 0.5) is 5.82 Å². The molecule has 5 nitrogen and oxygen atoms in total. The summed E-state index contributed by atoms with van der Waals surface area (Å²) in [5, 5.41) is 11.6. The second-order valence-corrected chi connectivity index (χ2v) is 5.12. The van der Waals surface area contributed by atoms with Crippen molar-refractivity contribution in [3.05, 3.63) is 58.2 Å². The standard InChI is InChI=1S/C16H16ClN3O2/c1-10-5-6-11(13(17)8-10)9-20-15-12(4-3-7-19-15)14(18)16(21)22-2/h3-8,18H,9H2,1-2H3,(H,19,20). The van der Waals surface area contributed by atoms with Crippen molar-refractivity contribution in [1.29, 1.82) is 5.41 Å². The van der Waals surface area contributed by atoms with Gasteiger partial charge < -0.3 is 10.1 Å². The highest BCUT2D eigenvalue weighted by Crippen LogP contribution is 2.20. The van der Waals surface area contributed by atoms with E-state index in [2.05, 4.69) is 15.0 Å². The van der Waals surface area contributed by atoms with E-state index in [9.17, 15) is 4.79 Å². The number of esters is 1. The number of pyridine rings is 1. The normalized spacial score (nSPS) is 10.1. The van der Waals surface area contributed by atoms with Crippen molar-refractivity contribution < 1.29 is 9.53 Å². The fourth-order valence-electron chi connectivity index (χ4n) is 1.93. The van der Waals surface area contributed by atoms with E-state index in [0.29, 0.717) is 22.9 Å². The van der Waals surface area contributed by atoms with E-state index in [0.717, 1.165) is 11.1 Å². The minimum Gasteiger partial charge on any atom is -0.464 e. The number of anilines is 1. The first-order valence-corrected chi connectivity index (χ1v) is 7.02. The average molecular weight is 318 g/mol. The molecule has 0 unspecified atom stereocenters. The number of nitrogens with zero attached hydrogens (tertiary/aromatic N) is 1. The molecular formula is C16H16ClN3O2. The Bertz CT molecular complexity index is 716. The lowest BCUT2D eigenvalue weighted by atomic mass is 10.1. The first-order valence-electron chi connectivity index (χ1n) is 6.64. The second-order valence-electron chi connectivity index (χ2n) is 4.71. The number of halogens is 1. The first-order chi connectivity index (χ1) is 10.5. The maximum Gasteiger partial charge on any atom is 0.356 e. The number of nitrogens with one attached hydrogen (secondary N) is 2. The zero-order chi connectivity index (χ0) is 16.1. The highest BCUT2D eigenvalue weighted by atomic mass is 35.5. The van der Waals surface area contributed by atoms with Gasteiger partial charge in [0, 0.05) is 23.3 Å². The summed E-state index contributed by atoms with van der Waals surface area (Å²) in [7, 11) is 1.24. The molecule has 2 N–H and O–H groups in total. The van der Waals surface area contributed by atoms with Crippen molar-refractivity contribution in [2.24, 2.45) is 0 Å². The molecule has 1 heterocycles. The van der Waals surface area contributed by atoms with Gasteiger partial charge in [0.2, 0.25) is 0 Å². The van der Waals surface area contributed by atoms with E-state index in [1.165, 1.54) is 7.11 Å². The molecule has 0 aliphatic carbocycles. The summed E-state index contributed by atoms with van der Waals surface area (Å²) < 4.78 is 4.58. The van der Waals surface area contributed by atoms with Crippen LogP contribution in [0, 0.1) is 12.3 Å². The molecule has 114 valence electrons. The van der Waals surface area contributed by atoms with Crippen molar-refractivity contribution in [2.45, 2.75) is 13.5 Å². The number of hydrogen-bond acceptors (Lipinski definition) is 5. The Labute approximate surface area is 133 Å². The highest BCUT2D eigenvalue weighted by Gasteiger charge is 2.16.